The van der Waals surface area contributed by atoms with Gasteiger partial charge in [0.05, 0.1) is 16.9 Å². The van der Waals surface area contributed by atoms with Crippen molar-refractivity contribution >= 4 is 34.5 Å². The molecule has 0 saturated heterocycles. The second kappa shape index (κ2) is 8.21. The minimum Gasteiger partial charge on any atom is -0.444 e. The molecule has 148 valence electrons. The Hall–Kier alpha value is -2.93. The largest absolute Gasteiger partial charge is 0.444 e. The lowest BCUT2D eigenvalue weighted by atomic mass is 10.1. The van der Waals surface area contributed by atoms with Crippen LogP contribution in [0.5, 0.6) is 0 Å². The number of ether oxygens (including phenoxy) is 1. The average molecular weight is 504 g/mol. The zero-order valence-electron chi connectivity index (χ0n) is 16.0. The van der Waals surface area contributed by atoms with E-state index in [0.717, 1.165) is 9.26 Å². The van der Waals surface area contributed by atoms with Crippen molar-refractivity contribution in [3.8, 4) is 23.0 Å². The second-order valence-corrected chi connectivity index (χ2v) is 8.49. The first kappa shape index (κ1) is 20.8. The Balaban J connectivity index is 2.06. The van der Waals surface area contributed by atoms with E-state index in [1.165, 1.54) is 12.1 Å². The fraction of sp³-hybridized carbons (Fsp3) is 0.190. The lowest BCUT2D eigenvalue weighted by Crippen LogP contribution is -2.27. The van der Waals surface area contributed by atoms with E-state index in [9.17, 15) is 9.18 Å². The van der Waals surface area contributed by atoms with Crippen LogP contribution in [0, 0.1) is 20.7 Å². The highest BCUT2D eigenvalue weighted by Crippen LogP contribution is 2.28. The Morgan fingerprint density at radius 2 is 2.00 bits per heavy atom. The highest BCUT2D eigenvalue weighted by molar-refractivity contribution is 14.1. The van der Waals surface area contributed by atoms with Crippen LogP contribution >= 0.6 is 22.6 Å². The normalized spacial score (nSPS) is 11.0. The van der Waals surface area contributed by atoms with Crippen LogP contribution in [0.4, 0.5) is 15.0 Å². The molecule has 0 saturated carbocycles. The highest BCUT2D eigenvalue weighted by atomic mass is 127. The number of benzene rings is 2. The van der Waals surface area contributed by atoms with Crippen LogP contribution in [0.15, 0.2) is 48.5 Å². The van der Waals surface area contributed by atoms with Crippen molar-refractivity contribution in [2.75, 3.05) is 5.32 Å². The minimum absolute atomic E-state index is 0.0406. The van der Waals surface area contributed by atoms with Gasteiger partial charge in [0.2, 0.25) is 0 Å². The van der Waals surface area contributed by atoms with Crippen molar-refractivity contribution in [1.82, 2.24) is 9.78 Å². The molecule has 8 heteroatoms. The molecule has 6 nitrogen and oxygen atoms in total. The molecule has 1 N–H and O–H groups in total. The maximum absolute atomic E-state index is 14.2. The number of anilines is 1. The average Bonchev–Trinajstić information content (AvgIpc) is 3.03. The maximum atomic E-state index is 14.2. The molecule has 0 atom stereocenters. The number of hydrogen-bond acceptors (Lipinski definition) is 4. The van der Waals surface area contributed by atoms with Crippen molar-refractivity contribution in [3.05, 3.63) is 63.5 Å². The first-order valence-corrected chi connectivity index (χ1v) is 9.80. The lowest BCUT2D eigenvalue weighted by Gasteiger charge is -2.19. The Labute approximate surface area is 181 Å². The van der Waals surface area contributed by atoms with Gasteiger partial charge < -0.3 is 4.74 Å². The molecule has 1 amide bonds. The number of nitrogens with zero attached hydrogens (tertiary/aromatic N) is 3. The van der Waals surface area contributed by atoms with Gasteiger partial charge in [-0.15, -0.1) is 5.10 Å². The number of aromatic nitrogens is 2. The van der Waals surface area contributed by atoms with E-state index in [2.05, 4.69) is 33.0 Å². The van der Waals surface area contributed by atoms with Crippen LogP contribution in [0.2, 0.25) is 0 Å². The lowest BCUT2D eigenvalue weighted by molar-refractivity contribution is 0.0635. The highest BCUT2D eigenvalue weighted by Gasteiger charge is 2.19. The van der Waals surface area contributed by atoms with Crippen LogP contribution in [0.3, 0.4) is 0 Å². The zero-order chi connectivity index (χ0) is 21.2. The molecule has 0 aliphatic rings. The van der Waals surface area contributed by atoms with Crippen molar-refractivity contribution in [1.29, 1.82) is 5.26 Å². The van der Waals surface area contributed by atoms with Gasteiger partial charge in [0.1, 0.15) is 17.5 Å². The fourth-order valence-electron chi connectivity index (χ4n) is 2.63. The number of carbonyl (C=O) groups is 1. The standard InChI is InChI=1S/C21H18FIN4O2/c1-21(2,3)29-20(28)25-19-11-18(13-7-8-14(12-24)17(22)9-13)27(26-19)16-6-4-5-15(23)10-16/h4-11H,1-3H3,(H,25,26,28). The van der Waals surface area contributed by atoms with Gasteiger partial charge in [-0.25, -0.2) is 13.9 Å². The number of carbonyl (C=O) groups excluding carboxylic acids is 1. The van der Waals surface area contributed by atoms with Crippen molar-refractivity contribution < 1.29 is 13.9 Å². The van der Waals surface area contributed by atoms with Gasteiger partial charge in [-0.3, -0.25) is 5.32 Å². The van der Waals surface area contributed by atoms with Gasteiger partial charge in [-0.05, 0) is 73.7 Å². The molecule has 0 spiro atoms. The Kier molecular flexibility index (Phi) is 5.88. The van der Waals surface area contributed by atoms with Crippen LogP contribution in [-0.4, -0.2) is 21.5 Å². The first-order chi connectivity index (χ1) is 13.7. The topological polar surface area (TPSA) is 79.9 Å². The molecule has 3 rings (SSSR count). The van der Waals surface area contributed by atoms with Gasteiger partial charge in [-0.2, -0.15) is 5.26 Å². The SMILES string of the molecule is CC(C)(C)OC(=O)Nc1cc(-c2ccc(C#N)c(F)c2)n(-c2cccc(I)c2)n1. The monoisotopic (exact) mass is 504 g/mol. The van der Waals surface area contributed by atoms with Crippen LogP contribution in [-0.2, 0) is 4.74 Å². The molecule has 0 radical (unpaired) electrons. The quantitative estimate of drug-likeness (QED) is 0.478. The summed E-state index contributed by atoms with van der Waals surface area (Å²) >= 11 is 2.19. The second-order valence-electron chi connectivity index (χ2n) is 7.24. The van der Waals surface area contributed by atoms with E-state index in [4.69, 9.17) is 10.00 Å². The molecule has 0 fully saturated rings. The summed E-state index contributed by atoms with van der Waals surface area (Å²) in [6.45, 7) is 5.30. The molecule has 0 aliphatic heterocycles. The van der Waals surface area contributed by atoms with E-state index in [1.54, 1.807) is 37.6 Å². The van der Waals surface area contributed by atoms with E-state index >= 15 is 0 Å². The third-order valence-electron chi connectivity index (χ3n) is 3.78. The van der Waals surface area contributed by atoms with Crippen LogP contribution in [0.1, 0.15) is 26.3 Å². The van der Waals surface area contributed by atoms with Crippen molar-refractivity contribution in [3.63, 3.8) is 0 Å². The number of rotatable bonds is 3. The summed E-state index contributed by atoms with van der Waals surface area (Å²) in [6, 6.07) is 15.4. The van der Waals surface area contributed by atoms with Gasteiger partial charge in [-0.1, -0.05) is 12.1 Å². The summed E-state index contributed by atoms with van der Waals surface area (Å²) in [4.78, 5) is 12.1. The molecule has 0 aliphatic carbocycles. The Morgan fingerprint density at radius 3 is 2.62 bits per heavy atom. The fourth-order valence-corrected chi connectivity index (χ4v) is 3.15. The Morgan fingerprint density at radius 1 is 1.24 bits per heavy atom. The maximum Gasteiger partial charge on any atom is 0.413 e. The summed E-state index contributed by atoms with van der Waals surface area (Å²) in [5, 5.41) is 16.0. The molecule has 3 aromatic rings. The van der Waals surface area contributed by atoms with Crippen molar-refractivity contribution in [2.45, 2.75) is 26.4 Å². The number of nitriles is 1. The minimum atomic E-state index is -0.652. The van der Waals surface area contributed by atoms with Gasteiger partial charge >= 0.3 is 6.09 Å². The molecule has 1 heterocycles. The molecule has 0 bridgehead atoms. The van der Waals surface area contributed by atoms with E-state index in [1.807, 2.05) is 30.3 Å². The number of hydrogen-bond donors (Lipinski definition) is 1. The predicted octanol–water partition coefficient (Wildman–Crippen LogP) is 5.50. The molecule has 29 heavy (non-hydrogen) atoms. The molecule has 2 aromatic carbocycles. The van der Waals surface area contributed by atoms with Gasteiger partial charge in [0, 0.05) is 15.2 Å². The third kappa shape index (κ3) is 5.12. The molecular formula is C21H18FIN4O2. The van der Waals surface area contributed by atoms with Gasteiger partial charge in [0.15, 0.2) is 5.82 Å². The summed E-state index contributed by atoms with van der Waals surface area (Å²) < 4.78 is 22.1. The molecule has 0 unspecified atom stereocenters. The van der Waals surface area contributed by atoms with E-state index in [-0.39, 0.29) is 11.4 Å². The first-order valence-electron chi connectivity index (χ1n) is 8.72. The molecule has 1 aromatic heterocycles. The number of amides is 1. The van der Waals surface area contributed by atoms with Gasteiger partial charge in [0.25, 0.3) is 0 Å². The summed E-state index contributed by atoms with van der Waals surface area (Å²) in [5.41, 5.74) is 1.13. The third-order valence-corrected chi connectivity index (χ3v) is 4.45. The predicted molar refractivity (Wildman–Crippen MR) is 116 cm³/mol. The Bertz CT molecular complexity index is 1110. The smallest absolute Gasteiger partial charge is 0.413 e. The summed E-state index contributed by atoms with van der Waals surface area (Å²) in [5.74, 6) is -0.361. The molecular weight excluding hydrogens is 486 g/mol. The van der Waals surface area contributed by atoms with E-state index in [0.29, 0.717) is 11.3 Å². The van der Waals surface area contributed by atoms with Crippen LogP contribution in [0.25, 0.3) is 16.9 Å². The van der Waals surface area contributed by atoms with Crippen molar-refractivity contribution in [2.24, 2.45) is 0 Å². The summed E-state index contributed by atoms with van der Waals surface area (Å²) in [7, 11) is 0. The number of nitrogens with one attached hydrogen (secondary N) is 1. The number of halogens is 2. The summed E-state index contributed by atoms with van der Waals surface area (Å²) in [6.07, 6.45) is -0.637. The van der Waals surface area contributed by atoms with Crippen LogP contribution < -0.4 is 5.32 Å². The zero-order valence-corrected chi connectivity index (χ0v) is 18.2. The van der Waals surface area contributed by atoms with E-state index < -0.39 is 17.5 Å².